The number of carbonyl (C=O) groups is 1. The molecule has 0 rings (SSSR count). The number of amides is 1. The van der Waals surface area contributed by atoms with Gasteiger partial charge in [0.2, 0.25) is 5.91 Å². The Bertz CT molecular complexity index is 241. The monoisotopic (exact) mass is 245 g/mol. The number of carbonyl (C=O) groups excluding carboxylic acids is 1. The standard InChI is InChI=1S/C12H23NO2S/c1-6-13(7-9(2)3)12(15)8-16-11(5)10(4)14/h10-11,14H,2,6-8H2,1,3-5H3. The predicted octanol–water partition coefficient (Wildman–Crippen LogP) is 1.91. The van der Waals surface area contributed by atoms with Crippen LogP contribution in [0.2, 0.25) is 0 Å². The summed E-state index contributed by atoms with van der Waals surface area (Å²) in [5, 5.41) is 9.41. The van der Waals surface area contributed by atoms with Gasteiger partial charge in [-0.05, 0) is 20.8 Å². The Kier molecular flexibility index (Phi) is 7.51. The second-order valence-electron chi connectivity index (χ2n) is 4.12. The van der Waals surface area contributed by atoms with Gasteiger partial charge in [-0.3, -0.25) is 4.79 Å². The fourth-order valence-electron chi connectivity index (χ4n) is 1.14. The molecule has 0 saturated heterocycles. The number of rotatable bonds is 7. The first-order valence-corrected chi connectivity index (χ1v) is 6.65. The maximum atomic E-state index is 11.8. The molecule has 16 heavy (non-hydrogen) atoms. The lowest BCUT2D eigenvalue weighted by Crippen LogP contribution is -2.34. The Morgan fingerprint density at radius 2 is 2.06 bits per heavy atom. The van der Waals surface area contributed by atoms with E-state index in [0.29, 0.717) is 18.8 Å². The molecule has 0 aromatic rings. The van der Waals surface area contributed by atoms with Crippen LogP contribution in [-0.2, 0) is 4.79 Å². The van der Waals surface area contributed by atoms with Crippen molar-refractivity contribution in [1.82, 2.24) is 4.90 Å². The van der Waals surface area contributed by atoms with Gasteiger partial charge in [0.25, 0.3) is 0 Å². The average molecular weight is 245 g/mol. The molecule has 3 nitrogen and oxygen atoms in total. The van der Waals surface area contributed by atoms with Crippen molar-refractivity contribution in [2.45, 2.75) is 39.0 Å². The molecule has 0 saturated carbocycles. The van der Waals surface area contributed by atoms with Gasteiger partial charge in [0, 0.05) is 18.3 Å². The first-order chi connectivity index (χ1) is 7.38. The van der Waals surface area contributed by atoms with E-state index in [1.165, 1.54) is 11.8 Å². The average Bonchev–Trinajstić information content (AvgIpc) is 2.21. The number of thioether (sulfide) groups is 1. The molecule has 4 heteroatoms. The first-order valence-electron chi connectivity index (χ1n) is 5.60. The highest BCUT2D eigenvalue weighted by Crippen LogP contribution is 2.15. The Balaban J connectivity index is 4.07. The van der Waals surface area contributed by atoms with E-state index < -0.39 is 0 Å². The second-order valence-corrected chi connectivity index (χ2v) is 5.49. The second kappa shape index (κ2) is 7.74. The van der Waals surface area contributed by atoms with Crippen molar-refractivity contribution in [2.24, 2.45) is 0 Å². The zero-order chi connectivity index (χ0) is 12.7. The molecule has 0 aliphatic rings. The van der Waals surface area contributed by atoms with E-state index in [2.05, 4.69) is 6.58 Å². The first kappa shape index (κ1) is 15.5. The van der Waals surface area contributed by atoms with Crippen LogP contribution in [0.5, 0.6) is 0 Å². The highest BCUT2D eigenvalue weighted by Gasteiger charge is 2.15. The molecule has 0 fully saturated rings. The summed E-state index contributed by atoms with van der Waals surface area (Å²) in [6.45, 7) is 12.7. The smallest absolute Gasteiger partial charge is 0.232 e. The van der Waals surface area contributed by atoms with Crippen LogP contribution < -0.4 is 0 Å². The van der Waals surface area contributed by atoms with E-state index in [-0.39, 0.29) is 17.3 Å². The van der Waals surface area contributed by atoms with Crippen molar-refractivity contribution in [2.75, 3.05) is 18.8 Å². The van der Waals surface area contributed by atoms with Crippen molar-refractivity contribution in [3.8, 4) is 0 Å². The van der Waals surface area contributed by atoms with E-state index >= 15 is 0 Å². The van der Waals surface area contributed by atoms with Crippen LogP contribution in [0.4, 0.5) is 0 Å². The fraction of sp³-hybridized carbons (Fsp3) is 0.750. The number of hydrogen-bond acceptors (Lipinski definition) is 3. The van der Waals surface area contributed by atoms with E-state index in [4.69, 9.17) is 0 Å². The summed E-state index contributed by atoms with van der Waals surface area (Å²) in [7, 11) is 0. The number of aliphatic hydroxyl groups is 1. The van der Waals surface area contributed by atoms with E-state index in [9.17, 15) is 9.90 Å². The topological polar surface area (TPSA) is 40.5 Å². The molecule has 0 aliphatic carbocycles. The van der Waals surface area contributed by atoms with Gasteiger partial charge in [0.1, 0.15) is 0 Å². The number of hydrogen-bond donors (Lipinski definition) is 1. The maximum Gasteiger partial charge on any atom is 0.232 e. The van der Waals surface area contributed by atoms with Crippen LogP contribution in [0.15, 0.2) is 12.2 Å². The van der Waals surface area contributed by atoms with Crippen molar-refractivity contribution in [3.05, 3.63) is 12.2 Å². The summed E-state index contributed by atoms with van der Waals surface area (Å²) < 4.78 is 0. The Morgan fingerprint density at radius 1 is 1.50 bits per heavy atom. The van der Waals surface area contributed by atoms with E-state index in [0.717, 1.165) is 5.57 Å². The number of nitrogens with zero attached hydrogens (tertiary/aromatic N) is 1. The van der Waals surface area contributed by atoms with E-state index in [1.54, 1.807) is 11.8 Å². The summed E-state index contributed by atoms with van der Waals surface area (Å²) in [5.74, 6) is 0.538. The van der Waals surface area contributed by atoms with Gasteiger partial charge in [-0.2, -0.15) is 0 Å². The zero-order valence-corrected chi connectivity index (χ0v) is 11.5. The lowest BCUT2D eigenvalue weighted by molar-refractivity contribution is -0.127. The van der Waals surface area contributed by atoms with Crippen LogP contribution >= 0.6 is 11.8 Å². The highest BCUT2D eigenvalue weighted by atomic mass is 32.2. The lowest BCUT2D eigenvalue weighted by atomic mass is 10.3. The van der Waals surface area contributed by atoms with Crippen LogP contribution in [0.1, 0.15) is 27.7 Å². The molecule has 94 valence electrons. The largest absolute Gasteiger partial charge is 0.392 e. The predicted molar refractivity (Wildman–Crippen MR) is 70.7 cm³/mol. The molecule has 0 bridgehead atoms. The molecular weight excluding hydrogens is 222 g/mol. The number of likely N-dealkylation sites (N-methyl/N-ethyl adjacent to an activating group) is 1. The summed E-state index contributed by atoms with van der Waals surface area (Å²) in [5.41, 5.74) is 0.990. The molecule has 0 aromatic carbocycles. The molecular formula is C12H23NO2S. The normalized spacial score (nSPS) is 14.3. The van der Waals surface area contributed by atoms with Gasteiger partial charge >= 0.3 is 0 Å². The number of aliphatic hydroxyl groups excluding tert-OH is 1. The molecule has 0 spiro atoms. The van der Waals surface area contributed by atoms with Gasteiger partial charge in [-0.1, -0.05) is 19.1 Å². The van der Waals surface area contributed by atoms with Crippen molar-refractivity contribution in [1.29, 1.82) is 0 Å². The van der Waals surface area contributed by atoms with Gasteiger partial charge < -0.3 is 10.0 Å². The summed E-state index contributed by atoms with van der Waals surface area (Å²) in [6.07, 6.45) is -0.381. The molecule has 0 heterocycles. The summed E-state index contributed by atoms with van der Waals surface area (Å²) >= 11 is 1.49. The molecule has 1 amide bonds. The van der Waals surface area contributed by atoms with Gasteiger partial charge in [0.15, 0.2) is 0 Å². The minimum Gasteiger partial charge on any atom is -0.392 e. The Labute approximate surface area is 103 Å². The van der Waals surface area contributed by atoms with Gasteiger partial charge in [-0.25, -0.2) is 0 Å². The van der Waals surface area contributed by atoms with Crippen LogP contribution in [-0.4, -0.2) is 46.1 Å². The zero-order valence-electron chi connectivity index (χ0n) is 10.7. The third kappa shape index (κ3) is 6.18. The molecule has 0 aliphatic heterocycles. The molecule has 0 radical (unpaired) electrons. The van der Waals surface area contributed by atoms with Crippen molar-refractivity contribution in [3.63, 3.8) is 0 Å². The van der Waals surface area contributed by atoms with E-state index in [1.807, 2.05) is 20.8 Å². The third-order valence-corrected chi connectivity index (χ3v) is 3.68. The third-order valence-electron chi connectivity index (χ3n) is 2.34. The van der Waals surface area contributed by atoms with Crippen molar-refractivity contribution < 1.29 is 9.90 Å². The highest BCUT2D eigenvalue weighted by molar-refractivity contribution is 8.00. The van der Waals surface area contributed by atoms with Crippen LogP contribution in [0.3, 0.4) is 0 Å². The Morgan fingerprint density at radius 3 is 2.44 bits per heavy atom. The fourth-order valence-corrected chi connectivity index (χ4v) is 2.00. The molecule has 2 unspecified atom stereocenters. The molecule has 0 aromatic heterocycles. The van der Waals surface area contributed by atoms with Crippen LogP contribution in [0.25, 0.3) is 0 Å². The Hall–Kier alpha value is -0.480. The van der Waals surface area contributed by atoms with Gasteiger partial charge in [0.05, 0.1) is 11.9 Å². The quantitative estimate of drug-likeness (QED) is 0.697. The lowest BCUT2D eigenvalue weighted by Gasteiger charge is -2.22. The van der Waals surface area contributed by atoms with Crippen molar-refractivity contribution >= 4 is 17.7 Å². The summed E-state index contributed by atoms with van der Waals surface area (Å²) in [6, 6.07) is 0. The van der Waals surface area contributed by atoms with Gasteiger partial charge in [-0.15, -0.1) is 11.8 Å². The minimum atomic E-state index is -0.381. The van der Waals surface area contributed by atoms with Crippen LogP contribution in [0, 0.1) is 0 Å². The summed E-state index contributed by atoms with van der Waals surface area (Å²) in [4.78, 5) is 13.6. The maximum absolute atomic E-state index is 11.8. The molecule has 2 atom stereocenters. The minimum absolute atomic E-state index is 0.0903. The molecule has 1 N–H and O–H groups in total. The SMILES string of the molecule is C=C(C)CN(CC)C(=O)CSC(C)C(C)O.